The molecule has 2 unspecified atom stereocenters. The lowest BCUT2D eigenvalue weighted by atomic mass is 10.0. The molecular formula is C41H76N2O5. The number of aliphatic carboxylic acids is 1. The standard InChI is InChI=1S/C41H76N2O5/c1-3-5-7-9-11-12-13-14-15-16-17-18-20-22-26-31-37(48-40(45)35-29-25-19-10-8-6-4-2)32-27-23-21-24-28-34-39(44)43-38(41(46)47)33-30-36-42/h13-14,16-17,37-38H,3-12,15,18-36,42H2,1-2H3,(H,43,44)(H,46,47)/b14-13-,17-16-. The third kappa shape index (κ3) is 32.4. The number of amides is 1. The molecule has 0 saturated carbocycles. The first-order valence-electron chi connectivity index (χ1n) is 20.2. The van der Waals surface area contributed by atoms with Crippen LogP contribution in [0.1, 0.15) is 200 Å². The molecule has 0 aromatic rings. The highest BCUT2D eigenvalue weighted by Gasteiger charge is 2.19. The Kier molecular flexibility index (Phi) is 34.5. The second-order valence-electron chi connectivity index (χ2n) is 13.7. The van der Waals surface area contributed by atoms with E-state index in [1.807, 2.05) is 0 Å². The van der Waals surface area contributed by atoms with Gasteiger partial charge in [-0.25, -0.2) is 4.79 Å². The van der Waals surface area contributed by atoms with Gasteiger partial charge in [0.2, 0.25) is 5.91 Å². The second-order valence-corrected chi connectivity index (χ2v) is 13.7. The lowest BCUT2D eigenvalue weighted by Crippen LogP contribution is -2.40. The van der Waals surface area contributed by atoms with Crippen molar-refractivity contribution >= 4 is 17.8 Å². The van der Waals surface area contributed by atoms with Crippen molar-refractivity contribution in [1.82, 2.24) is 5.32 Å². The predicted octanol–water partition coefficient (Wildman–Crippen LogP) is 10.9. The van der Waals surface area contributed by atoms with Gasteiger partial charge < -0.3 is 20.9 Å². The van der Waals surface area contributed by atoms with E-state index in [-0.39, 0.29) is 18.0 Å². The summed E-state index contributed by atoms with van der Waals surface area (Å²) < 4.78 is 5.99. The average molecular weight is 677 g/mol. The highest BCUT2D eigenvalue weighted by atomic mass is 16.5. The largest absolute Gasteiger partial charge is 0.480 e. The summed E-state index contributed by atoms with van der Waals surface area (Å²) in [7, 11) is 0. The zero-order chi connectivity index (χ0) is 35.3. The molecule has 7 nitrogen and oxygen atoms in total. The third-order valence-corrected chi connectivity index (χ3v) is 9.02. The summed E-state index contributed by atoms with van der Waals surface area (Å²) in [6.07, 6.45) is 39.4. The van der Waals surface area contributed by atoms with Crippen molar-refractivity contribution in [3.8, 4) is 0 Å². The Morgan fingerprint density at radius 3 is 1.62 bits per heavy atom. The maximum Gasteiger partial charge on any atom is 0.326 e. The number of carbonyl (C=O) groups excluding carboxylic acids is 2. The van der Waals surface area contributed by atoms with Gasteiger partial charge in [-0.3, -0.25) is 9.59 Å². The van der Waals surface area contributed by atoms with E-state index in [4.69, 9.17) is 10.5 Å². The number of nitrogens with one attached hydrogen (secondary N) is 1. The number of carbonyl (C=O) groups is 3. The number of carboxylic acid groups (broad SMARTS) is 1. The van der Waals surface area contributed by atoms with Gasteiger partial charge in [0.15, 0.2) is 0 Å². The van der Waals surface area contributed by atoms with Gasteiger partial charge in [0.05, 0.1) is 0 Å². The van der Waals surface area contributed by atoms with Gasteiger partial charge in [0.25, 0.3) is 0 Å². The molecule has 280 valence electrons. The molecular weight excluding hydrogens is 600 g/mol. The number of allylic oxidation sites excluding steroid dienone is 4. The molecule has 0 aliphatic rings. The van der Waals surface area contributed by atoms with Gasteiger partial charge in [-0.05, 0) is 90.0 Å². The summed E-state index contributed by atoms with van der Waals surface area (Å²) in [4.78, 5) is 36.2. The SMILES string of the molecule is CCCCCCC/C=C\C/C=C\CCCCCC(CCCCCCCC(=O)NC(CCCN)C(=O)O)OC(=O)CCCCCCCCC. The van der Waals surface area contributed by atoms with Crippen molar-refractivity contribution < 1.29 is 24.2 Å². The van der Waals surface area contributed by atoms with E-state index in [1.165, 1.54) is 77.0 Å². The van der Waals surface area contributed by atoms with E-state index in [0.717, 1.165) is 83.5 Å². The zero-order valence-electron chi connectivity index (χ0n) is 31.3. The highest BCUT2D eigenvalue weighted by molar-refractivity contribution is 5.83. The fourth-order valence-corrected chi connectivity index (χ4v) is 5.95. The Hall–Kier alpha value is -2.15. The van der Waals surface area contributed by atoms with Crippen LogP contribution in [0.2, 0.25) is 0 Å². The van der Waals surface area contributed by atoms with E-state index in [2.05, 4.69) is 43.5 Å². The van der Waals surface area contributed by atoms with Crippen molar-refractivity contribution in [1.29, 1.82) is 0 Å². The van der Waals surface area contributed by atoms with Crippen LogP contribution >= 0.6 is 0 Å². The molecule has 0 aliphatic carbocycles. The van der Waals surface area contributed by atoms with E-state index in [9.17, 15) is 19.5 Å². The molecule has 0 heterocycles. The minimum absolute atomic E-state index is 0.00282. The Morgan fingerprint density at radius 2 is 1.08 bits per heavy atom. The van der Waals surface area contributed by atoms with Gasteiger partial charge in [0, 0.05) is 12.8 Å². The van der Waals surface area contributed by atoms with Crippen LogP contribution in [0, 0.1) is 0 Å². The van der Waals surface area contributed by atoms with Crippen molar-refractivity contribution in [3.63, 3.8) is 0 Å². The number of carboxylic acids is 1. The van der Waals surface area contributed by atoms with Crippen LogP contribution in [0.5, 0.6) is 0 Å². The number of esters is 1. The predicted molar refractivity (Wildman–Crippen MR) is 202 cm³/mol. The van der Waals surface area contributed by atoms with Crippen LogP contribution in [-0.4, -0.2) is 41.6 Å². The summed E-state index contributed by atoms with van der Waals surface area (Å²) in [5.41, 5.74) is 5.47. The first kappa shape index (κ1) is 45.9. The van der Waals surface area contributed by atoms with Crippen LogP contribution in [0.4, 0.5) is 0 Å². The lowest BCUT2D eigenvalue weighted by Gasteiger charge is -2.18. The molecule has 1 amide bonds. The van der Waals surface area contributed by atoms with Gasteiger partial charge in [-0.2, -0.15) is 0 Å². The molecule has 0 aromatic carbocycles. The van der Waals surface area contributed by atoms with Crippen molar-refractivity contribution in [2.75, 3.05) is 6.54 Å². The van der Waals surface area contributed by atoms with Gasteiger partial charge in [-0.15, -0.1) is 0 Å². The molecule has 4 N–H and O–H groups in total. The Labute approximate surface area is 295 Å². The number of hydrogen-bond acceptors (Lipinski definition) is 5. The molecule has 0 bridgehead atoms. The number of unbranched alkanes of at least 4 members (excludes halogenated alkanes) is 18. The van der Waals surface area contributed by atoms with E-state index >= 15 is 0 Å². The van der Waals surface area contributed by atoms with Gasteiger partial charge in [-0.1, -0.05) is 128 Å². The zero-order valence-corrected chi connectivity index (χ0v) is 31.3. The van der Waals surface area contributed by atoms with Crippen molar-refractivity contribution in [2.45, 2.75) is 212 Å². The molecule has 0 radical (unpaired) electrons. The van der Waals surface area contributed by atoms with Crippen LogP contribution in [0.3, 0.4) is 0 Å². The number of rotatable bonds is 36. The fraction of sp³-hybridized carbons (Fsp3) is 0.829. The topological polar surface area (TPSA) is 119 Å². The molecule has 0 fully saturated rings. The molecule has 0 spiro atoms. The Bertz CT molecular complexity index is 813. The third-order valence-electron chi connectivity index (χ3n) is 9.02. The molecule has 48 heavy (non-hydrogen) atoms. The fourth-order valence-electron chi connectivity index (χ4n) is 5.95. The van der Waals surface area contributed by atoms with E-state index in [0.29, 0.717) is 32.2 Å². The summed E-state index contributed by atoms with van der Waals surface area (Å²) in [6.45, 7) is 4.90. The Balaban J connectivity index is 4.33. The summed E-state index contributed by atoms with van der Waals surface area (Å²) in [5, 5.41) is 11.9. The monoisotopic (exact) mass is 677 g/mol. The molecule has 0 rings (SSSR count). The molecule has 0 aromatic heterocycles. The maximum absolute atomic E-state index is 12.6. The average Bonchev–Trinajstić information content (AvgIpc) is 3.07. The summed E-state index contributed by atoms with van der Waals surface area (Å²) in [6, 6.07) is -0.857. The first-order chi connectivity index (χ1) is 23.4. The summed E-state index contributed by atoms with van der Waals surface area (Å²) in [5.74, 6) is -1.25. The Morgan fingerprint density at radius 1 is 0.604 bits per heavy atom. The van der Waals surface area contributed by atoms with Gasteiger partial charge >= 0.3 is 11.9 Å². The minimum Gasteiger partial charge on any atom is -0.480 e. The smallest absolute Gasteiger partial charge is 0.326 e. The molecule has 0 aliphatic heterocycles. The quantitative estimate of drug-likeness (QED) is 0.0345. The molecule has 7 heteroatoms. The van der Waals surface area contributed by atoms with E-state index in [1.54, 1.807) is 0 Å². The number of nitrogens with two attached hydrogens (primary N) is 1. The first-order valence-corrected chi connectivity index (χ1v) is 20.2. The minimum atomic E-state index is -1.01. The molecule has 2 atom stereocenters. The highest BCUT2D eigenvalue weighted by Crippen LogP contribution is 2.18. The van der Waals surface area contributed by atoms with Crippen LogP contribution in [-0.2, 0) is 19.1 Å². The van der Waals surface area contributed by atoms with Crippen molar-refractivity contribution in [2.24, 2.45) is 5.73 Å². The second kappa shape index (κ2) is 36.1. The number of ether oxygens (including phenoxy) is 1. The van der Waals surface area contributed by atoms with Crippen molar-refractivity contribution in [3.05, 3.63) is 24.3 Å². The lowest BCUT2D eigenvalue weighted by molar-refractivity contribution is -0.150. The maximum atomic E-state index is 12.6. The normalized spacial score (nSPS) is 12.9. The van der Waals surface area contributed by atoms with E-state index < -0.39 is 12.0 Å². The number of hydrogen-bond donors (Lipinski definition) is 3. The molecule has 0 saturated heterocycles. The van der Waals surface area contributed by atoms with Crippen LogP contribution in [0.25, 0.3) is 0 Å². The summed E-state index contributed by atoms with van der Waals surface area (Å²) >= 11 is 0. The van der Waals surface area contributed by atoms with Crippen LogP contribution < -0.4 is 11.1 Å². The van der Waals surface area contributed by atoms with Crippen LogP contribution in [0.15, 0.2) is 24.3 Å². The van der Waals surface area contributed by atoms with Gasteiger partial charge in [0.1, 0.15) is 12.1 Å².